The van der Waals surface area contributed by atoms with E-state index in [0.717, 1.165) is 17.0 Å². The second-order valence-corrected chi connectivity index (χ2v) is 6.61. The molecule has 21 heavy (non-hydrogen) atoms. The first-order chi connectivity index (χ1) is 9.81. The molecule has 1 aromatic carbocycles. The van der Waals surface area contributed by atoms with Crippen molar-refractivity contribution >= 4 is 21.6 Å². The van der Waals surface area contributed by atoms with Crippen molar-refractivity contribution in [1.29, 1.82) is 0 Å². The molecule has 0 spiro atoms. The highest BCUT2D eigenvalue weighted by Gasteiger charge is 2.31. The van der Waals surface area contributed by atoms with E-state index in [2.05, 4.69) is 5.32 Å². The Morgan fingerprint density at radius 1 is 1.29 bits per heavy atom. The molecule has 0 bridgehead atoms. The second kappa shape index (κ2) is 7.40. The molecule has 1 amide bonds. The van der Waals surface area contributed by atoms with Gasteiger partial charge in [0, 0.05) is 6.54 Å². The van der Waals surface area contributed by atoms with E-state index in [9.17, 15) is 17.6 Å². The normalized spacial score (nSPS) is 12.8. The van der Waals surface area contributed by atoms with E-state index in [-0.39, 0.29) is 11.6 Å². The molecule has 1 N–H and O–H groups in total. The third-order valence-electron chi connectivity index (χ3n) is 2.96. The molecular weight excluding hydrogens is 295 g/mol. The molecule has 0 heterocycles. The van der Waals surface area contributed by atoms with Gasteiger partial charge in [-0.3, -0.25) is 9.10 Å². The third-order valence-corrected chi connectivity index (χ3v) is 4.14. The topological polar surface area (TPSA) is 66.5 Å². The molecule has 0 radical (unpaired) electrons. The largest absolute Gasteiger partial charge is 0.354 e. The lowest BCUT2D eigenvalue weighted by atomic mass is 10.2. The maximum Gasteiger partial charge on any atom is 0.243 e. The Labute approximate surface area is 125 Å². The number of nitrogens with zero attached hydrogens (tertiary/aromatic N) is 1. The number of nitrogens with one attached hydrogen (secondary N) is 1. The lowest BCUT2D eigenvalue weighted by Crippen LogP contribution is -2.49. The summed E-state index contributed by atoms with van der Waals surface area (Å²) in [6.07, 6.45) is 2.11. The van der Waals surface area contributed by atoms with Gasteiger partial charge in [-0.2, -0.15) is 0 Å². The van der Waals surface area contributed by atoms with Gasteiger partial charge in [-0.25, -0.2) is 12.8 Å². The highest BCUT2D eigenvalue weighted by atomic mass is 32.2. The summed E-state index contributed by atoms with van der Waals surface area (Å²) in [6.45, 7) is 4.13. The van der Waals surface area contributed by atoms with Gasteiger partial charge in [0.1, 0.15) is 11.9 Å². The molecule has 0 aliphatic rings. The first kappa shape index (κ1) is 17.4. The number of amides is 1. The molecule has 0 aliphatic carbocycles. The molecular formula is C14H21FN2O3S. The molecule has 0 fully saturated rings. The van der Waals surface area contributed by atoms with Crippen LogP contribution in [0.4, 0.5) is 10.1 Å². The maximum atomic E-state index is 13.0. The Morgan fingerprint density at radius 3 is 2.29 bits per heavy atom. The predicted octanol–water partition coefficient (Wildman–Crippen LogP) is 1.90. The molecule has 1 aromatic rings. The van der Waals surface area contributed by atoms with E-state index in [1.807, 2.05) is 6.92 Å². The van der Waals surface area contributed by atoms with E-state index >= 15 is 0 Å². The van der Waals surface area contributed by atoms with Crippen LogP contribution in [-0.4, -0.2) is 33.2 Å². The minimum atomic E-state index is -3.66. The first-order valence-electron chi connectivity index (χ1n) is 6.84. The molecule has 0 saturated carbocycles. The van der Waals surface area contributed by atoms with E-state index in [4.69, 9.17) is 0 Å². The van der Waals surface area contributed by atoms with Gasteiger partial charge in [0.2, 0.25) is 15.9 Å². The lowest BCUT2D eigenvalue weighted by Gasteiger charge is -2.30. The summed E-state index contributed by atoms with van der Waals surface area (Å²) in [5.74, 6) is -0.815. The molecule has 0 saturated heterocycles. The summed E-state index contributed by atoms with van der Waals surface area (Å²) in [5, 5.41) is 2.70. The van der Waals surface area contributed by atoms with Crippen molar-refractivity contribution < 1.29 is 17.6 Å². The lowest BCUT2D eigenvalue weighted by molar-refractivity contribution is -0.122. The third kappa shape index (κ3) is 4.70. The Kier molecular flexibility index (Phi) is 6.14. The number of benzene rings is 1. The van der Waals surface area contributed by atoms with Crippen molar-refractivity contribution in [3.05, 3.63) is 30.1 Å². The minimum Gasteiger partial charge on any atom is -0.354 e. The van der Waals surface area contributed by atoms with Gasteiger partial charge in [-0.1, -0.05) is 13.8 Å². The van der Waals surface area contributed by atoms with Crippen molar-refractivity contribution in [2.24, 2.45) is 0 Å². The first-order valence-corrected chi connectivity index (χ1v) is 8.68. The Morgan fingerprint density at radius 2 is 1.86 bits per heavy atom. The van der Waals surface area contributed by atoms with E-state index in [1.165, 1.54) is 24.3 Å². The average Bonchev–Trinajstić information content (AvgIpc) is 2.42. The highest BCUT2D eigenvalue weighted by molar-refractivity contribution is 7.92. The van der Waals surface area contributed by atoms with Crippen molar-refractivity contribution in [1.82, 2.24) is 5.32 Å². The number of carbonyl (C=O) groups excluding carboxylic acids is 1. The summed E-state index contributed by atoms with van der Waals surface area (Å²) in [5.41, 5.74) is 0.275. The maximum absolute atomic E-state index is 13.0. The number of hydrogen-bond donors (Lipinski definition) is 1. The number of hydrogen-bond acceptors (Lipinski definition) is 3. The molecule has 7 heteroatoms. The van der Waals surface area contributed by atoms with E-state index < -0.39 is 21.9 Å². The molecule has 5 nitrogen and oxygen atoms in total. The highest BCUT2D eigenvalue weighted by Crippen LogP contribution is 2.22. The van der Waals surface area contributed by atoms with Gasteiger partial charge in [-0.05, 0) is 37.1 Å². The average molecular weight is 316 g/mol. The molecule has 118 valence electrons. The second-order valence-electron chi connectivity index (χ2n) is 4.75. The fraction of sp³-hybridized carbons (Fsp3) is 0.500. The van der Waals surface area contributed by atoms with Crippen LogP contribution in [0.25, 0.3) is 0 Å². The number of carbonyl (C=O) groups is 1. The van der Waals surface area contributed by atoms with Crippen molar-refractivity contribution in [3.63, 3.8) is 0 Å². The minimum absolute atomic E-state index is 0.275. The quantitative estimate of drug-likeness (QED) is 0.835. The van der Waals surface area contributed by atoms with Crippen LogP contribution < -0.4 is 9.62 Å². The zero-order valence-corrected chi connectivity index (χ0v) is 13.3. The Hall–Kier alpha value is -1.63. The molecule has 0 aromatic heterocycles. The molecule has 0 unspecified atom stereocenters. The number of anilines is 1. The van der Waals surface area contributed by atoms with Crippen LogP contribution >= 0.6 is 0 Å². The smallest absolute Gasteiger partial charge is 0.243 e. The zero-order chi connectivity index (χ0) is 16.0. The Balaban J connectivity index is 3.17. The van der Waals surface area contributed by atoms with Gasteiger partial charge < -0.3 is 5.32 Å². The summed E-state index contributed by atoms with van der Waals surface area (Å²) in [7, 11) is -3.66. The van der Waals surface area contributed by atoms with Crippen LogP contribution in [0.2, 0.25) is 0 Å². The molecule has 1 atom stereocenters. The van der Waals surface area contributed by atoms with E-state index in [1.54, 1.807) is 6.92 Å². The van der Waals surface area contributed by atoms with Crippen molar-refractivity contribution in [2.75, 3.05) is 17.1 Å². The molecule has 0 aliphatic heterocycles. The van der Waals surface area contributed by atoms with Crippen molar-refractivity contribution in [3.8, 4) is 0 Å². The summed E-state index contributed by atoms with van der Waals surface area (Å²) in [4.78, 5) is 12.2. The van der Waals surface area contributed by atoms with Gasteiger partial charge in [-0.15, -0.1) is 0 Å². The van der Waals surface area contributed by atoms with Gasteiger partial charge in [0.15, 0.2) is 0 Å². The standard InChI is InChI=1S/C14H21FN2O3S/c1-4-10-16-14(18)13(5-2)17(21(3,19)20)12-8-6-11(15)7-9-12/h6-9,13H,4-5,10H2,1-3H3,(H,16,18)/t13-/m0/s1. The Bertz CT molecular complexity index is 572. The number of halogens is 1. The molecule has 1 rings (SSSR count). The van der Waals surface area contributed by atoms with Crippen LogP contribution in [0.15, 0.2) is 24.3 Å². The van der Waals surface area contributed by atoms with Gasteiger partial charge >= 0.3 is 0 Å². The fourth-order valence-electron chi connectivity index (χ4n) is 2.01. The van der Waals surface area contributed by atoms with Gasteiger partial charge in [0.05, 0.1) is 11.9 Å². The zero-order valence-electron chi connectivity index (χ0n) is 12.5. The van der Waals surface area contributed by atoms with Crippen LogP contribution in [0.1, 0.15) is 26.7 Å². The van der Waals surface area contributed by atoms with Crippen LogP contribution in [-0.2, 0) is 14.8 Å². The summed E-state index contributed by atoms with van der Waals surface area (Å²) < 4.78 is 38.1. The van der Waals surface area contributed by atoms with Crippen LogP contribution in [0, 0.1) is 5.82 Å². The van der Waals surface area contributed by atoms with Crippen molar-refractivity contribution in [2.45, 2.75) is 32.7 Å². The van der Waals surface area contributed by atoms with Gasteiger partial charge in [0.25, 0.3) is 0 Å². The fourth-order valence-corrected chi connectivity index (χ4v) is 3.23. The number of rotatable bonds is 7. The van der Waals surface area contributed by atoms with Crippen LogP contribution in [0.5, 0.6) is 0 Å². The van der Waals surface area contributed by atoms with E-state index in [0.29, 0.717) is 13.0 Å². The predicted molar refractivity (Wildman–Crippen MR) is 81.1 cm³/mol. The van der Waals surface area contributed by atoms with Crippen LogP contribution in [0.3, 0.4) is 0 Å². The summed E-state index contributed by atoms with van der Waals surface area (Å²) >= 11 is 0. The monoisotopic (exact) mass is 316 g/mol. The summed E-state index contributed by atoms with van der Waals surface area (Å²) in [6, 6.07) is 4.20. The SMILES string of the molecule is CCCNC(=O)[C@H](CC)N(c1ccc(F)cc1)S(C)(=O)=O. The number of sulfonamides is 1.